The molecule has 0 radical (unpaired) electrons. The van der Waals surface area contributed by atoms with Crippen LogP contribution in [0.15, 0.2) is 30.3 Å². The van der Waals surface area contributed by atoms with Gasteiger partial charge in [0.2, 0.25) is 0 Å². The van der Waals surface area contributed by atoms with E-state index in [0.29, 0.717) is 6.10 Å². The molecule has 0 N–H and O–H groups in total. The Hall–Kier alpha value is -0.770. The predicted octanol–water partition coefficient (Wildman–Crippen LogP) is 5.14. The number of piperidine rings is 1. The fourth-order valence-electron chi connectivity index (χ4n) is 7.11. The van der Waals surface area contributed by atoms with Crippen molar-refractivity contribution in [1.82, 2.24) is 4.90 Å². The summed E-state index contributed by atoms with van der Waals surface area (Å²) in [6, 6.07) is 11.9. The van der Waals surface area contributed by atoms with Gasteiger partial charge in [0.25, 0.3) is 0 Å². The number of hydrogen-bond donors (Lipinski definition) is 0. The lowest BCUT2D eigenvalue weighted by molar-refractivity contribution is 0.0122. The zero-order valence-corrected chi connectivity index (χ0v) is 18.2. The summed E-state index contributed by atoms with van der Waals surface area (Å²) in [4.78, 5) is 5.55. The Morgan fingerprint density at radius 3 is 2.14 bits per heavy atom. The zero-order valence-electron chi connectivity index (χ0n) is 17.4. The molecule has 3 nitrogen and oxygen atoms in total. The number of para-hydroxylation sites is 1. The van der Waals surface area contributed by atoms with Crippen LogP contribution in [-0.4, -0.2) is 49.3 Å². The van der Waals surface area contributed by atoms with Crippen molar-refractivity contribution in [2.24, 2.45) is 11.8 Å². The molecule has 28 heavy (non-hydrogen) atoms. The Balaban J connectivity index is 0.00000192. The van der Waals surface area contributed by atoms with Crippen molar-refractivity contribution in [3.63, 3.8) is 0 Å². The second-order valence-corrected chi connectivity index (χ2v) is 9.57. The molecule has 4 fully saturated rings. The highest BCUT2D eigenvalue weighted by Crippen LogP contribution is 2.47. The third-order valence-corrected chi connectivity index (χ3v) is 8.50. The number of anilines is 1. The molecule has 2 aliphatic carbocycles. The summed E-state index contributed by atoms with van der Waals surface area (Å²) >= 11 is 0. The summed E-state index contributed by atoms with van der Waals surface area (Å²) in [6.07, 6.45) is 13.0. The molecule has 4 aliphatic rings. The van der Waals surface area contributed by atoms with Crippen LogP contribution in [0.4, 0.5) is 5.69 Å². The van der Waals surface area contributed by atoms with Gasteiger partial charge in [0.05, 0.1) is 11.6 Å². The summed E-state index contributed by atoms with van der Waals surface area (Å²) in [7, 11) is 1.93. The first-order valence-electron chi connectivity index (χ1n) is 11.4. The number of likely N-dealkylation sites (tertiary alicyclic amines) is 1. The molecule has 0 bridgehead atoms. The zero-order chi connectivity index (χ0) is 18.3. The van der Waals surface area contributed by atoms with Crippen LogP contribution in [0.5, 0.6) is 0 Å². The molecule has 4 heteroatoms. The molecule has 2 aliphatic heterocycles. The summed E-state index contributed by atoms with van der Waals surface area (Å²) in [5.41, 5.74) is 1.59. The van der Waals surface area contributed by atoms with Crippen LogP contribution in [0.25, 0.3) is 0 Å². The van der Waals surface area contributed by atoms with E-state index < -0.39 is 0 Å². The van der Waals surface area contributed by atoms with E-state index in [4.69, 9.17) is 4.74 Å². The maximum absolute atomic E-state index is 6.03. The van der Waals surface area contributed by atoms with Crippen LogP contribution >= 0.6 is 12.4 Å². The van der Waals surface area contributed by atoms with Crippen molar-refractivity contribution in [3.05, 3.63) is 30.3 Å². The molecule has 2 heterocycles. The summed E-state index contributed by atoms with van der Waals surface area (Å²) in [5, 5.41) is 0. The topological polar surface area (TPSA) is 15.7 Å². The Kier molecular flexibility index (Phi) is 6.25. The number of ether oxygens (including phenoxy) is 1. The van der Waals surface area contributed by atoms with Crippen molar-refractivity contribution in [2.75, 3.05) is 31.6 Å². The first-order chi connectivity index (χ1) is 13.3. The first kappa shape index (κ1) is 20.5. The van der Waals surface area contributed by atoms with Gasteiger partial charge in [-0.3, -0.25) is 0 Å². The molecule has 5 rings (SSSR count). The fourth-order valence-corrected chi connectivity index (χ4v) is 7.11. The average molecular weight is 405 g/mol. The Labute approximate surface area is 177 Å². The van der Waals surface area contributed by atoms with Crippen LogP contribution in [0.3, 0.4) is 0 Å². The fraction of sp³-hybridized carbons (Fsp3) is 0.750. The second kappa shape index (κ2) is 8.53. The van der Waals surface area contributed by atoms with Gasteiger partial charge in [-0.05, 0) is 56.1 Å². The molecule has 3 unspecified atom stereocenters. The van der Waals surface area contributed by atoms with E-state index in [2.05, 4.69) is 40.1 Å². The van der Waals surface area contributed by atoms with Gasteiger partial charge in [-0.25, -0.2) is 0 Å². The van der Waals surface area contributed by atoms with E-state index >= 15 is 0 Å². The third-order valence-electron chi connectivity index (χ3n) is 8.50. The Bertz CT molecular complexity index is 617. The number of benzene rings is 1. The van der Waals surface area contributed by atoms with E-state index in [-0.39, 0.29) is 17.9 Å². The molecule has 156 valence electrons. The van der Waals surface area contributed by atoms with Crippen molar-refractivity contribution in [3.8, 4) is 0 Å². The Morgan fingerprint density at radius 1 is 0.893 bits per heavy atom. The summed E-state index contributed by atoms with van der Waals surface area (Å²) in [5.74, 6) is 2.08. The monoisotopic (exact) mass is 404 g/mol. The lowest BCUT2D eigenvalue weighted by Crippen LogP contribution is -2.59. The first-order valence-corrected chi connectivity index (χ1v) is 11.4. The highest BCUT2D eigenvalue weighted by atomic mass is 35.5. The standard InChI is InChI=1S/C24H36N2O.ClH/c1-27-23-11-14-26(21-9-3-2-4-10-21)24(23)12-15-25(16-13-24)22-17-19-7-5-6-8-20(19)18-22;/h2-4,9-10,19-20,22-23H,5-8,11-18H2,1H3;1H. The highest BCUT2D eigenvalue weighted by molar-refractivity contribution is 5.85. The molecule has 1 spiro atoms. The van der Waals surface area contributed by atoms with Gasteiger partial charge in [0, 0.05) is 38.5 Å². The minimum absolute atomic E-state index is 0. The van der Waals surface area contributed by atoms with E-state index in [1.807, 2.05) is 7.11 Å². The van der Waals surface area contributed by atoms with Crippen molar-refractivity contribution < 1.29 is 4.74 Å². The maximum atomic E-state index is 6.03. The van der Waals surface area contributed by atoms with E-state index in [1.54, 1.807) is 0 Å². The molecule has 2 saturated carbocycles. The summed E-state index contributed by atoms with van der Waals surface area (Å²) in [6.45, 7) is 3.65. The smallest absolute Gasteiger partial charge is 0.0820 e. The minimum Gasteiger partial charge on any atom is -0.379 e. The van der Waals surface area contributed by atoms with E-state index in [1.165, 1.54) is 76.6 Å². The van der Waals surface area contributed by atoms with E-state index in [9.17, 15) is 0 Å². The normalized spacial score (nSPS) is 35.0. The van der Waals surface area contributed by atoms with Gasteiger partial charge >= 0.3 is 0 Å². The van der Waals surface area contributed by atoms with Crippen LogP contribution in [0.1, 0.15) is 57.8 Å². The number of hydrogen-bond acceptors (Lipinski definition) is 3. The Morgan fingerprint density at radius 2 is 1.54 bits per heavy atom. The van der Waals surface area contributed by atoms with Crippen molar-refractivity contribution in [2.45, 2.75) is 75.5 Å². The number of halogens is 1. The highest BCUT2D eigenvalue weighted by Gasteiger charge is 2.51. The maximum Gasteiger partial charge on any atom is 0.0820 e. The number of fused-ring (bicyclic) bond motifs is 1. The summed E-state index contributed by atoms with van der Waals surface area (Å²) < 4.78 is 6.03. The van der Waals surface area contributed by atoms with Crippen LogP contribution in [-0.2, 0) is 4.74 Å². The second-order valence-electron chi connectivity index (χ2n) is 9.57. The van der Waals surface area contributed by atoms with Gasteiger partial charge in [-0.2, -0.15) is 0 Å². The minimum atomic E-state index is 0. The molecule has 3 atom stereocenters. The third kappa shape index (κ3) is 3.48. The largest absolute Gasteiger partial charge is 0.379 e. The molecule has 2 saturated heterocycles. The SMILES string of the molecule is COC1CCN(c2ccccc2)C12CCN(C1CC3CCCCC3C1)CC2.Cl. The number of nitrogens with zero attached hydrogens (tertiary/aromatic N) is 2. The van der Waals surface area contributed by atoms with E-state index in [0.717, 1.165) is 24.4 Å². The molecule has 0 aromatic heterocycles. The van der Waals surface area contributed by atoms with Crippen LogP contribution in [0, 0.1) is 11.8 Å². The lowest BCUT2D eigenvalue weighted by atomic mass is 9.81. The van der Waals surface area contributed by atoms with Gasteiger partial charge in [0.1, 0.15) is 0 Å². The quantitative estimate of drug-likeness (QED) is 0.693. The molecular weight excluding hydrogens is 368 g/mol. The number of methoxy groups -OCH3 is 1. The number of rotatable bonds is 3. The van der Waals surface area contributed by atoms with Crippen molar-refractivity contribution >= 4 is 18.1 Å². The molecular formula is C24H37ClN2O. The molecule has 0 amide bonds. The average Bonchev–Trinajstić information content (AvgIpc) is 3.31. The van der Waals surface area contributed by atoms with Crippen molar-refractivity contribution in [1.29, 1.82) is 0 Å². The predicted molar refractivity (Wildman–Crippen MR) is 118 cm³/mol. The van der Waals surface area contributed by atoms with Crippen LogP contribution in [0.2, 0.25) is 0 Å². The lowest BCUT2D eigenvalue weighted by Gasteiger charge is -2.49. The van der Waals surface area contributed by atoms with Gasteiger partial charge in [0.15, 0.2) is 0 Å². The molecule has 1 aromatic rings. The van der Waals surface area contributed by atoms with Gasteiger partial charge in [-0.15, -0.1) is 12.4 Å². The molecule has 1 aromatic carbocycles. The van der Waals surface area contributed by atoms with Gasteiger partial charge < -0.3 is 14.5 Å². The van der Waals surface area contributed by atoms with Gasteiger partial charge in [-0.1, -0.05) is 43.9 Å². The van der Waals surface area contributed by atoms with Crippen LogP contribution < -0.4 is 4.90 Å².